The molecule has 0 rings (SSSR count). The Bertz CT molecular complexity index is 59.2. The van der Waals surface area contributed by atoms with Gasteiger partial charge in [-0.2, -0.15) is 8.78 Å². The first-order chi connectivity index (χ1) is 2.94. The second-order valence-corrected chi connectivity index (χ2v) is 2.84. The molecular formula is C2H3Cl2F2P. The van der Waals surface area contributed by atoms with Gasteiger partial charge in [0.1, 0.15) is 0 Å². The molecule has 1 unspecified atom stereocenters. The van der Waals surface area contributed by atoms with E-state index in [1.807, 2.05) is 0 Å². The summed E-state index contributed by atoms with van der Waals surface area (Å²) in [5.41, 5.74) is -3.05. The van der Waals surface area contributed by atoms with Crippen LogP contribution < -0.4 is 0 Å². The van der Waals surface area contributed by atoms with E-state index in [0.717, 1.165) is 0 Å². The third-order valence-corrected chi connectivity index (χ3v) is 1.63. The van der Waals surface area contributed by atoms with Gasteiger partial charge in [-0.05, 0) is 0 Å². The highest BCUT2D eigenvalue weighted by atomic mass is 35.5. The minimum Gasteiger partial charge on any atom is -0.199 e. The summed E-state index contributed by atoms with van der Waals surface area (Å²) < 4.78 is 23.1. The molecule has 0 aliphatic heterocycles. The molecule has 0 heterocycles. The molecule has 0 N–H and O–H groups in total. The Morgan fingerprint density at radius 2 is 1.57 bits per heavy atom. The smallest absolute Gasteiger partial charge is 0.199 e. The molecule has 44 valence electrons. The second kappa shape index (κ2) is 2.43. The van der Waals surface area contributed by atoms with E-state index >= 15 is 0 Å². The fourth-order valence-electron chi connectivity index (χ4n) is 0. The van der Waals surface area contributed by atoms with Gasteiger partial charge in [-0.25, -0.2) is 0 Å². The van der Waals surface area contributed by atoms with E-state index in [4.69, 9.17) is 23.2 Å². The highest BCUT2D eigenvalue weighted by Gasteiger charge is 2.30. The van der Waals surface area contributed by atoms with Crippen molar-refractivity contribution < 1.29 is 8.78 Å². The van der Waals surface area contributed by atoms with Crippen molar-refractivity contribution in [3.8, 4) is 0 Å². The van der Waals surface area contributed by atoms with Gasteiger partial charge in [0.25, 0.3) is 5.66 Å². The molecular weight excluding hydrogens is 164 g/mol. The molecule has 0 radical (unpaired) electrons. The van der Waals surface area contributed by atoms with Crippen LogP contribution in [0, 0.1) is 0 Å². The lowest BCUT2D eigenvalue weighted by Crippen LogP contribution is -2.14. The summed E-state index contributed by atoms with van der Waals surface area (Å²) in [4.78, 5) is -1.63. The molecule has 1 atom stereocenters. The number of halogens is 4. The van der Waals surface area contributed by atoms with E-state index in [1.54, 1.807) is 0 Å². The highest BCUT2D eigenvalue weighted by molar-refractivity contribution is 7.18. The van der Waals surface area contributed by atoms with Crippen LogP contribution in [0.4, 0.5) is 8.78 Å². The maximum absolute atomic E-state index is 11.5. The molecule has 0 aromatic rings. The van der Waals surface area contributed by atoms with Crippen molar-refractivity contribution in [1.82, 2.24) is 0 Å². The SMILES string of the molecule is FC(F)(P)C(Cl)Cl. The molecule has 0 fully saturated rings. The lowest BCUT2D eigenvalue weighted by atomic mass is 10.8. The van der Waals surface area contributed by atoms with Gasteiger partial charge in [0, 0.05) is 0 Å². The minimum atomic E-state index is -3.05. The molecule has 5 heteroatoms. The molecule has 0 nitrogen and oxygen atoms in total. The van der Waals surface area contributed by atoms with Crippen LogP contribution in [0.5, 0.6) is 0 Å². The van der Waals surface area contributed by atoms with Crippen LogP contribution in [0.3, 0.4) is 0 Å². The number of hydrogen-bond acceptors (Lipinski definition) is 0. The quantitative estimate of drug-likeness (QED) is 0.415. The molecule has 0 spiro atoms. The van der Waals surface area contributed by atoms with Gasteiger partial charge < -0.3 is 0 Å². The minimum absolute atomic E-state index is 1.23. The van der Waals surface area contributed by atoms with Crippen molar-refractivity contribution in [2.45, 2.75) is 10.5 Å². The van der Waals surface area contributed by atoms with Gasteiger partial charge in [-0.1, -0.05) is 32.4 Å². The maximum Gasteiger partial charge on any atom is 0.288 e. The van der Waals surface area contributed by atoms with Gasteiger partial charge in [0.05, 0.1) is 0 Å². The molecule has 0 amide bonds. The van der Waals surface area contributed by atoms with Crippen LogP contribution >= 0.6 is 32.4 Å². The summed E-state index contributed by atoms with van der Waals surface area (Å²) in [6.45, 7) is 0. The predicted molar refractivity (Wildman–Crippen MR) is 30.2 cm³/mol. The van der Waals surface area contributed by atoms with E-state index < -0.39 is 10.5 Å². The van der Waals surface area contributed by atoms with E-state index in [-0.39, 0.29) is 0 Å². The number of rotatable bonds is 1. The van der Waals surface area contributed by atoms with Gasteiger partial charge in [0.2, 0.25) is 0 Å². The number of hydrogen-bond donors (Lipinski definition) is 0. The monoisotopic (exact) mass is 166 g/mol. The van der Waals surface area contributed by atoms with Crippen LogP contribution in [0.2, 0.25) is 0 Å². The first-order valence-corrected chi connectivity index (χ1v) is 2.84. The van der Waals surface area contributed by atoms with Gasteiger partial charge in [-0.15, -0.1) is 0 Å². The fourth-order valence-corrected chi connectivity index (χ4v) is 0. The standard InChI is InChI=1S/C2H3Cl2F2P/c3-1(4)2(5,6)7/h1H,7H2. The van der Waals surface area contributed by atoms with Crippen LogP contribution in [-0.4, -0.2) is 10.5 Å². The van der Waals surface area contributed by atoms with E-state index in [2.05, 4.69) is 0 Å². The average Bonchev–Trinajstić information content (AvgIpc) is 1.31. The molecule has 0 aliphatic rings. The largest absolute Gasteiger partial charge is 0.288 e. The first-order valence-electron chi connectivity index (χ1n) is 1.39. The Labute approximate surface area is 52.4 Å². The van der Waals surface area contributed by atoms with Crippen LogP contribution in [0.1, 0.15) is 0 Å². The molecule has 0 bridgehead atoms. The normalized spacial score (nSPS) is 12.9. The Kier molecular flexibility index (Phi) is 2.73. The molecule has 0 saturated heterocycles. The zero-order chi connectivity index (χ0) is 6.08. The Morgan fingerprint density at radius 1 is 1.43 bits per heavy atom. The van der Waals surface area contributed by atoms with Crippen LogP contribution in [0.25, 0.3) is 0 Å². The summed E-state index contributed by atoms with van der Waals surface area (Å²) >= 11 is 9.50. The van der Waals surface area contributed by atoms with E-state index in [0.29, 0.717) is 0 Å². The Morgan fingerprint density at radius 3 is 1.57 bits per heavy atom. The first kappa shape index (κ1) is 7.87. The lowest BCUT2D eigenvalue weighted by Gasteiger charge is -2.08. The van der Waals surface area contributed by atoms with Crippen molar-refractivity contribution >= 4 is 32.4 Å². The average molecular weight is 167 g/mol. The summed E-state index contributed by atoms with van der Waals surface area (Å²) in [7, 11) is 1.23. The summed E-state index contributed by atoms with van der Waals surface area (Å²) in [6.07, 6.45) is 0. The molecule has 0 aromatic heterocycles. The number of alkyl halides is 4. The second-order valence-electron chi connectivity index (χ2n) is 0.975. The van der Waals surface area contributed by atoms with Crippen molar-refractivity contribution in [3.63, 3.8) is 0 Å². The van der Waals surface area contributed by atoms with Gasteiger partial charge in [0.15, 0.2) is 4.84 Å². The maximum atomic E-state index is 11.5. The van der Waals surface area contributed by atoms with Crippen molar-refractivity contribution in [1.29, 1.82) is 0 Å². The Hall–Kier alpha value is 0.870. The third-order valence-electron chi connectivity index (χ3n) is 0.291. The molecule has 0 saturated carbocycles. The van der Waals surface area contributed by atoms with E-state index in [9.17, 15) is 8.78 Å². The molecule has 0 aromatic carbocycles. The molecule has 0 aliphatic carbocycles. The topological polar surface area (TPSA) is 0 Å². The highest BCUT2D eigenvalue weighted by Crippen LogP contribution is 2.32. The summed E-state index contributed by atoms with van der Waals surface area (Å²) in [5, 5.41) is 0. The Balaban J connectivity index is 3.54. The van der Waals surface area contributed by atoms with Crippen LogP contribution in [-0.2, 0) is 0 Å². The summed E-state index contributed by atoms with van der Waals surface area (Å²) in [5.74, 6) is 0. The zero-order valence-electron chi connectivity index (χ0n) is 3.17. The van der Waals surface area contributed by atoms with E-state index in [1.165, 1.54) is 9.24 Å². The van der Waals surface area contributed by atoms with Crippen molar-refractivity contribution in [2.75, 3.05) is 0 Å². The fraction of sp³-hybridized carbons (Fsp3) is 1.00. The van der Waals surface area contributed by atoms with Gasteiger partial charge >= 0.3 is 0 Å². The third kappa shape index (κ3) is 3.45. The van der Waals surface area contributed by atoms with Crippen molar-refractivity contribution in [3.05, 3.63) is 0 Å². The molecule has 7 heavy (non-hydrogen) atoms. The summed E-state index contributed by atoms with van der Waals surface area (Å²) in [6, 6.07) is 0. The van der Waals surface area contributed by atoms with Crippen molar-refractivity contribution in [2.24, 2.45) is 0 Å². The zero-order valence-corrected chi connectivity index (χ0v) is 5.83. The lowest BCUT2D eigenvalue weighted by molar-refractivity contribution is 0.121. The predicted octanol–water partition coefficient (Wildman–Crippen LogP) is 2.26. The van der Waals surface area contributed by atoms with Gasteiger partial charge in [-0.3, -0.25) is 0 Å². The van der Waals surface area contributed by atoms with Crippen LogP contribution in [0.15, 0.2) is 0 Å².